The molecule has 0 aromatic heterocycles. The van der Waals surface area contributed by atoms with Gasteiger partial charge in [-0.25, -0.2) is 0 Å². The van der Waals surface area contributed by atoms with E-state index in [9.17, 15) is 0 Å². The van der Waals surface area contributed by atoms with E-state index in [1.807, 2.05) is 0 Å². The normalized spacial score (nSPS) is 11.3. The van der Waals surface area contributed by atoms with Crippen molar-refractivity contribution in [1.29, 1.82) is 0 Å². The maximum Gasteiger partial charge on any atom is 0.180 e. The van der Waals surface area contributed by atoms with Crippen LogP contribution in [0.2, 0.25) is 0 Å². The van der Waals surface area contributed by atoms with Crippen LogP contribution in [0.1, 0.15) is 11.9 Å². The molecule has 3 N–H and O–H groups in total. The van der Waals surface area contributed by atoms with Gasteiger partial charge in [0.25, 0.3) is 0 Å². The highest BCUT2D eigenvalue weighted by Crippen LogP contribution is 2.26. The fourth-order valence-electron chi connectivity index (χ4n) is 1.43. The zero-order valence-corrected chi connectivity index (χ0v) is 9.43. The van der Waals surface area contributed by atoms with E-state index in [0.29, 0.717) is 16.9 Å². The maximum absolute atomic E-state index is 9.16. The predicted molar refractivity (Wildman–Crippen MR) is 65.9 cm³/mol. The molecule has 0 amide bonds. The topological polar surface area (TPSA) is 85.4 Å². The van der Waals surface area contributed by atoms with E-state index < -0.39 is 6.29 Å². The zero-order chi connectivity index (χ0) is 13.0. The van der Waals surface area contributed by atoms with Crippen LogP contribution in [0.3, 0.4) is 0 Å². The summed E-state index contributed by atoms with van der Waals surface area (Å²) >= 11 is 0. The van der Waals surface area contributed by atoms with E-state index >= 15 is 0 Å². The molecule has 18 heavy (non-hydrogen) atoms. The predicted octanol–water partition coefficient (Wildman–Crippen LogP) is 2.79. The van der Waals surface area contributed by atoms with Gasteiger partial charge >= 0.3 is 0 Å². The summed E-state index contributed by atoms with van der Waals surface area (Å²) in [6.45, 7) is 0. The number of azo groups is 1. The highest BCUT2D eigenvalue weighted by molar-refractivity contribution is 5.47. The monoisotopic (exact) mass is 244 g/mol. The number of hydrogen-bond acceptors (Lipinski definition) is 5. The third-order valence-electron chi connectivity index (χ3n) is 2.34. The van der Waals surface area contributed by atoms with Crippen molar-refractivity contribution in [2.24, 2.45) is 10.2 Å². The van der Waals surface area contributed by atoms with Crippen molar-refractivity contribution in [3.63, 3.8) is 0 Å². The van der Waals surface area contributed by atoms with Crippen molar-refractivity contribution in [2.45, 2.75) is 6.29 Å². The number of phenols is 1. The Bertz CT molecular complexity index is 550. The second-order valence-corrected chi connectivity index (χ2v) is 3.65. The molecule has 0 aliphatic heterocycles. The van der Waals surface area contributed by atoms with Crippen LogP contribution < -0.4 is 0 Å². The van der Waals surface area contributed by atoms with Crippen molar-refractivity contribution >= 4 is 11.4 Å². The minimum absolute atomic E-state index is 0.153. The van der Waals surface area contributed by atoms with Crippen LogP contribution in [-0.4, -0.2) is 15.3 Å². The third kappa shape index (κ3) is 2.91. The Hall–Kier alpha value is -2.24. The molecule has 0 saturated carbocycles. The Morgan fingerprint density at radius 1 is 0.833 bits per heavy atom. The zero-order valence-electron chi connectivity index (χ0n) is 9.43. The number of aliphatic hydroxyl groups is 2. The molecule has 0 bridgehead atoms. The number of benzene rings is 2. The molecule has 5 heteroatoms. The molecule has 2 aromatic rings. The standard InChI is InChI=1S/C13H12N2O3/c16-10-7-5-9(6-8-10)14-15-12-4-2-1-3-11(12)13(17)18/h1-8,13,16-18H/b15-14+. The van der Waals surface area contributed by atoms with E-state index in [4.69, 9.17) is 15.3 Å². The van der Waals surface area contributed by atoms with Gasteiger partial charge in [0, 0.05) is 5.56 Å². The molecular weight excluding hydrogens is 232 g/mol. The van der Waals surface area contributed by atoms with Gasteiger partial charge in [-0.05, 0) is 30.3 Å². The molecule has 0 saturated heterocycles. The Kier molecular flexibility index (Phi) is 3.66. The Morgan fingerprint density at radius 2 is 1.50 bits per heavy atom. The van der Waals surface area contributed by atoms with E-state index in [1.54, 1.807) is 36.4 Å². The minimum Gasteiger partial charge on any atom is -0.508 e. The third-order valence-corrected chi connectivity index (χ3v) is 2.34. The fourth-order valence-corrected chi connectivity index (χ4v) is 1.43. The van der Waals surface area contributed by atoms with Gasteiger partial charge in [0.15, 0.2) is 6.29 Å². The first-order chi connectivity index (χ1) is 8.66. The van der Waals surface area contributed by atoms with E-state index in [-0.39, 0.29) is 5.75 Å². The molecule has 0 aliphatic rings. The van der Waals surface area contributed by atoms with Gasteiger partial charge in [-0.2, -0.15) is 10.2 Å². The van der Waals surface area contributed by atoms with Crippen molar-refractivity contribution in [1.82, 2.24) is 0 Å². The second kappa shape index (κ2) is 5.39. The lowest BCUT2D eigenvalue weighted by Crippen LogP contribution is -1.94. The summed E-state index contributed by atoms with van der Waals surface area (Å²) in [7, 11) is 0. The van der Waals surface area contributed by atoms with Crippen molar-refractivity contribution in [3.05, 3.63) is 54.1 Å². The van der Waals surface area contributed by atoms with Gasteiger partial charge in [0.05, 0.1) is 11.4 Å². The van der Waals surface area contributed by atoms with E-state index in [2.05, 4.69) is 10.2 Å². The number of aromatic hydroxyl groups is 1. The van der Waals surface area contributed by atoms with Gasteiger partial charge < -0.3 is 15.3 Å². The Balaban J connectivity index is 2.26. The molecule has 0 spiro atoms. The molecule has 0 atom stereocenters. The quantitative estimate of drug-likeness (QED) is 0.573. The Labute approximate surface area is 104 Å². The minimum atomic E-state index is -1.58. The number of aliphatic hydroxyl groups excluding tert-OH is 1. The van der Waals surface area contributed by atoms with Gasteiger partial charge in [-0.1, -0.05) is 18.2 Å². The van der Waals surface area contributed by atoms with Crippen LogP contribution in [0.5, 0.6) is 5.75 Å². The summed E-state index contributed by atoms with van der Waals surface area (Å²) in [6, 6.07) is 12.8. The van der Waals surface area contributed by atoms with Crippen LogP contribution in [0, 0.1) is 0 Å². The first-order valence-electron chi connectivity index (χ1n) is 5.32. The summed E-state index contributed by atoms with van der Waals surface area (Å²) in [5.74, 6) is 0.153. The molecule has 0 radical (unpaired) electrons. The molecule has 0 aliphatic carbocycles. The molecule has 92 valence electrons. The summed E-state index contributed by atoms with van der Waals surface area (Å²) in [4.78, 5) is 0. The summed E-state index contributed by atoms with van der Waals surface area (Å²) < 4.78 is 0. The van der Waals surface area contributed by atoms with Crippen molar-refractivity contribution < 1.29 is 15.3 Å². The number of phenolic OH excluding ortho intramolecular Hbond substituents is 1. The van der Waals surface area contributed by atoms with E-state index in [1.165, 1.54) is 12.1 Å². The number of rotatable bonds is 3. The molecule has 0 unspecified atom stereocenters. The van der Waals surface area contributed by atoms with Crippen molar-refractivity contribution in [2.75, 3.05) is 0 Å². The Morgan fingerprint density at radius 3 is 2.17 bits per heavy atom. The molecular formula is C13H12N2O3. The summed E-state index contributed by atoms with van der Waals surface area (Å²) in [5, 5.41) is 35.3. The fraction of sp³-hybridized carbons (Fsp3) is 0.0769. The lowest BCUT2D eigenvalue weighted by atomic mass is 10.2. The molecule has 5 nitrogen and oxygen atoms in total. The molecule has 2 aromatic carbocycles. The largest absolute Gasteiger partial charge is 0.508 e. The van der Waals surface area contributed by atoms with Crippen LogP contribution in [-0.2, 0) is 0 Å². The lowest BCUT2D eigenvalue weighted by Gasteiger charge is -2.05. The highest BCUT2D eigenvalue weighted by atomic mass is 16.5. The number of nitrogens with zero attached hydrogens (tertiary/aromatic N) is 2. The SMILES string of the molecule is Oc1ccc(/N=N/c2ccccc2C(O)O)cc1. The van der Waals surface area contributed by atoms with Crippen LogP contribution in [0.4, 0.5) is 11.4 Å². The first kappa shape index (κ1) is 12.2. The van der Waals surface area contributed by atoms with Gasteiger partial charge in [-0.15, -0.1) is 0 Å². The molecule has 0 heterocycles. The molecule has 2 rings (SSSR count). The lowest BCUT2D eigenvalue weighted by molar-refractivity contribution is -0.0420. The second-order valence-electron chi connectivity index (χ2n) is 3.65. The average Bonchev–Trinajstić information content (AvgIpc) is 2.38. The highest BCUT2D eigenvalue weighted by Gasteiger charge is 2.07. The first-order valence-corrected chi connectivity index (χ1v) is 5.32. The van der Waals surface area contributed by atoms with E-state index in [0.717, 1.165) is 0 Å². The smallest absolute Gasteiger partial charge is 0.180 e. The van der Waals surface area contributed by atoms with Crippen LogP contribution in [0.25, 0.3) is 0 Å². The van der Waals surface area contributed by atoms with Gasteiger partial charge in [0.2, 0.25) is 0 Å². The van der Waals surface area contributed by atoms with Crippen LogP contribution >= 0.6 is 0 Å². The van der Waals surface area contributed by atoms with Gasteiger partial charge in [0.1, 0.15) is 5.75 Å². The van der Waals surface area contributed by atoms with Crippen molar-refractivity contribution in [3.8, 4) is 5.75 Å². The van der Waals surface area contributed by atoms with Crippen LogP contribution in [0.15, 0.2) is 58.8 Å². The number of hydrogen-bond donors (Lipinski definition) is 3. The maximum atomic E-state index is 9.16. The van der Waals surface area contributed by atoms with Gasteiger partial charge in [-0.3, -0.25) is 0 Å². The average molecular weight is 244 g/mol. The summed E-state index contributed by atoms with van der Waals surface area (Å²) in [5.41, 5.74) is 1.25. The molecule has 0 fully saturated rings. The summed E-state index contributed by atoms with van der Waals surface area (Å²) in [6.07, 6.45) is -1.58.